The average molecular weight is 446 g/mol. The highest BCUT2D eigenvalue weighted by atomic mass is 79.9. The number of nitrogens with zero attached hydrogens (tertiary/aromatic N) is 4. The van der Waals surface area contributed by atoms with Crippen LogP contribution < -0.4 is 10.1 Å². The van der Waals surface area contributed by atoms with E-state index in [1.807, 2.05) is 0 Å². The van der Waals surface area contributed by atoms with Gasteiger partial charge in [-0.2, -0.15) is 4.52 Å². The van der Waals surface area contributed by atoms with Crippen LogP contribution in [0.1, 0.15) is 10.6 Å². The lowest BCUT2D eigenvalue weighted by Gasteiger charge is -2.07. The molecular formula is C18H13BrFN5O3. The fraction of sp³-hybridized carbons (Fsp3) is 0.111. The van der Waals surface area contributed by atoms with Gasteiger partial charge in [0.1, 0.15) is 12.4 Å². The Balaban J connectivity index is 1.42. The van der Waals surface area contributed by atoms with Crippen molar-refractivity contribution in [1.82, 2.24) is 25.1 Å². The van der Waals surface area contributed by atoms with Gasteiger partial charge in [-0.3, -0.25) is 4.79 Å². The van der Waals surface area contributed by atoms with Crippen LogP contribution in [0, 0.1) is 5.82 Å². The van der Waals surface area contributed by atoms with Crippen LogP contribution in [-0.2, 0) is 0 Å². The van der Waals surface area contributed by atoms with Gasteiger partial charge in [0.15, 0.2) is 21.9 Å². The molecule has 0 saturated carbocycles. The fourth-order valence-electron chi connectivity index (χ4n) is 2.50. The number of hydrogen-bond donors (Lipinski definition) is 1. The van der Waals surface area contributed by atoms with Gasteiger partial charge in [-0.15, -0.1) is 15.3 Å². The van der Waals surface area contributed by atoms with Gasteiger partial charge in [0.05, 0.1) is 6.54 Å². The van der Waals surface area contributed by atoms with Crippen molar-refractivity contribution in [2.75, 3.05) is 13.2 Å². The maximum atomic E-state index is 13.5. The molecule has 4 aromatic rings. The minimum Gasteiger partial charge on any atom is -0.475 e. The predicted octanol–water partition coefficient (Wildman–Crippen LogP) is 3.09. The molecule has 0 atom stereocenters. The second-order valence-electron chi connectivity index (χ2n) is 5.68. The molecular weight excluding hydrogens is 433 g/mol. The number of hydrogen-bond acceptors (Lipinski definition) is 6. The summed E-state index contributed by atoms with van der Waals surface area (Å²) in [5, 5.41) is 15.1. The second-order valence-corrected chi connectivity index (χ2v) is 6.47. The van der Waals surface area contributed by atoms with Crippen molar-refractivity contribution in [3.63, 3.8) is 0 Å². The monoisotopic (exact) mass is 445 g/mol. The van der Waals surface area contributed by atoms with E-state index in [-0.39, 0.29) is 30.6 Å². The average Bonchev–Trinajstić information content (AvgIpc) is 3.31. The van der Waals surface area contributed by atoms with Crippen LogP contribution in [0.25, 0.3) is 17.0 Å². The number of benzene rings is 1. The van der Waals surface area contributed by atoms with Gasteiger partial charge < -0.3 is 14.5 Å². The Morgan fingerprint density at radius 3 is 2.89 bits per heavy atom. The molecule has 0 saturated heterocycles. The topological polar surface area (TPSA) is 94.5 Å². The molecule has 3 aromatic heterocycles. The number of fused-ring (bicyclic) bond motifs is 1. The maximum absolute atomic E-state index is 13.5. The third-order valence-electron chi connectivity index (χ3n) is 3.76. The molecule has 142 valence electrons. The van der Waals surface area contributed by atoms with Crippen LogP contribution in [0.5, 0.6) is 5.88 Å². The van der Waals surface area contributed by atoms with E-state index in [4.69, 9.17) is 9.15 Å². The molecule has 4 rings (SSSR count). The molecule has 0 bridgehead atoms. The van der Waals surface area contributed by atoms with Crippen molar-refractivity contribution in [1.29, 1.82) is 0 Å². The lowest BCUT2D eigenvalue weighted by atomic mass is 10.2. The minimum absolute atomic E-state index is 0.198. The first-order chi connectivity index (χ1) is 13.6. The predicted molar refractivity (Wildman–Crippen MR) is 100 cm³/mol. The fourth-order valence-corrected chi connectivity index (χ4v) is 2.81. The Bertz CT molecular complexity index is 1140. The summed E-state index contributed by atoms with van der Waals surface area (Å²) in [6.07, 6.45) is 0. The molecule has 0 aliphatic rings. The number of aromatic nitrogens is 4. The molecule has 1 amide bonds. The van der Waals surface area contributed by atoms with Crippen molar-refractivity contribution in [2.45, 2.75) is 0 Å². The highest BCUT2D eigenvalue weighted by Gasteiger charge is 2.12. The van der Waals surface area contributed by atoms with E-state index in [1.165, 1.54) is 16.6 Å². The summed E-state index contributed by atoms with van der Waals surface area (Å²) >= 11 is 3.14. The zero-order valence-electron chi connectivity index (χ0n) is 14.3. The summed E-state index contributed by atoms with van der Waals surface area (Å²) < 4.78 is 26.2. The largest absolute Gasteiger partial charge is 0.475 e. The van der Waals surface area contributed by atoms with Crippen molar-refractivity contribution < 1.29 is 18.3 Å². The first-order valence-corrected chi connectivity index (χ1v) is 9.04. The molecule has 10 heteroatoms. The molecule has 1 aromatic carbocycles. The minimum atomic E-state index is -0.374. The molecule has 0 aliphatic heterocycles. The van der Waals surface area contributed by atoms with Gasteiger partial charge in [-0.25, -0.2) is 4.39 Å². The standard InChI is InChI=1S/C18H13BrFN5O3/c19-14-5-4-13(28-14)18(26)21-8-9-27-16-7-6-15-22-23-17(25(15)24-16)11-2-1-3-12(20)10-11/h1-7,10H,8-9H2,(H,21,26). The number of ether oxygens (including phenoxy) is 1. The number of amides is 1. The number of nitrogens with one attached hydrogen (secondary N) is 1. The second kappa shape index (κ2) is 7.77. The number of carbonyl (C=O) groups excluding carboxylic acids is 1. The van der Waals surface area contributed by atoms with E-state index in [0.29, 0.717) is 27.6 Å². The Hall–Kier alpha value is -3.27. The Morgan fingerprint density at radius 2 is 2.11 bits per heavy atom. The molecule has 0 unspecified atom stereocenters. The normalized spacial score (nSPS) is 10.9. The van der Waals surface area contributed by atoms with Crippen LogP contribution in [0.15, 0.2) is 57.6 Å². The van der Waals surface area contributed by atoms with Crippen LogP contribution in [0.4, 0.5) is 4.39 Å². The van der Waals surface area contributed by atoms with Gasteiger partial charge >= 0.3 is 0 Å². The van der Waals surface area contributed by atoms with Crippen LogP contribution in [0.3, 0.4) is 0 Å². The van der Waals surface area contributed by atoms with Gasteiger partial charge in [0.25, 0.3) is 5.91 Å². The summed E-state index contributed by atoms with van der Waals surface area (Å²) in [5.74, 6) is 0.207. The van der Waals surface area contributed by atoms with Crippen molar-refractivity contribution >= 4 is 27.5 Å². The van der Waals surface area contributed by atoms with Crippen molar-refractivity contribution in [2.24, 2.45) is 0 Å². The first kappa shape index (κ1) is 18.1. The van der Waals surface area contributed by atoms with Gasteiger partial charge in [0, 0.05) is 11.6 Å². The Morgan fingerprint density at radius 1 is 1.21 bits per heavy atom. The highest BCUT2D eigenvalue weighted by Crippen LogP contribution is 2.19. The third-order valence-corrected chi connectivity index (χ3v) is 4.18. The molecule has 0 fully saturated rings. The Labute approximate surface area is 166 Å². The van der Waals surface area contributed by atoms with Crippen LogP contribution >= 0.6 is 15.9 Å². The van der Waals surface area contributed by atoms with E-state index in [2.05, 4.69) is 36.5 Å². The molecule has 3 heterocycles. The summed E-state index contributed by atoms with van der Waals surface area (Å²) in [6, 6.07) is 12.6. The zero-order chi connectivity index (χ0) is 19.5. The lowest BCUT2D eigenvalue weighted by Crippen LogP contribution is -2.27. The highest BCUT2D eigenvalue weighted by molar-refractivity contribution is 9.10. The quantitative estimate of drug-likeness (QED) is 0.458. The van der Waals surface area contributed by atoms with Gasteiger partial charge in [-0.1, -0.05) is 12.1 Å². The van der Waals surface area contributed by atoms with Crippen LogP contribution in [-0.4, -0.2) is 38.9 Å². The number of furan rings is 1. The number of halogens is 2. The summed E-state index contributed by atoms with van der Waals surface area (Å²) in [4.78, 5) is 11.9. The SMILES string of the molecule is O=C(NCCOc1ccc2nnc(-c3cccc(F)c3)n2n1)c1ccc(Br)o1. The molecule has 0 aliphatic carbocycles. The van der Waals surface area contributed by atoms with E-state index < -0.39 is 0 Å². The lowest BCUT2D eigenvalue weighted by molar-refractivity contribution is 0.0917. The third kappa shape index (κ3) is 3.86. The smallest absolute Gasteiger partial charge is 0.287 e. The van der Waals surface area contributed by atoms with E-state index in [1.54, 1.807) is 36.4 Å². The van der Waals surface area contributed by atoms with E-state index in [0.717, 1.165) is 0 Å². The van der Waals surface area contributed by atoms with Crippen LogP contribution in [0.2, 0.25) is 0 Å². The summed E-state index contributed by atoms with van der Waals surface area (Å²) in [5.41, 5.74) is 1.05. The van der Waals surface area contributed by atoms with Crippen molar-refractivity contribution in [3.05, 3.63) is 64.8 Å². The molecule has 28 heavy (non-hydrogen) atoms. The Kier molecular flexibility index (Phi) is 5.02. The maximum Gasteiger partial charge on any atom is 0.287 e. The number of carbonyl (C=O) groups is 1. The summed E-state index contributed by atoms with van der Waals surface area (Å²) in [6.45, 7) is 0.458. The van der Waals surface area contributed by atoms with E-state index in [9.17, 15) is 9.18 Å². The summed E-state index contributed by atoms with van der Waals surface area (Å²) in [7, 11) is 0. The first-order valence-electron chi connectivity index (χ1n) is 8.25. The van der Waals surface area contributed by atoms with Crippen molar-refractivity contribution in [3.8, 4) is 17.3 Å². The van der Waals surface area contributed by atoms with Gasteiger partial charge in [0.2, 0.25) is 5.88 Å². The molecule has 1 N–H and O–H groups in total. The zero-order valence-corrected chi connectivity index (χ0v) is 15.9. The molecule has 0 radical (unpaired) electrons. The number of rotatable bonds is 6. The molecule has 8 nitrogen and oxygen atoms in total. The molecule has 0 spiro atoms. The van der Waals surface area contributed by atoms with Gasteiger partial charge in [-0.05, 0) is 46.3 Å². The van der Waals surface area contributed by atoms with E-state index >= 15 is 0 Å².